The van der Waals surface area contributed by atoms with Crippen LogP contribution in [0.1, 0.15) is 17.2 Å². The van der Waals surface area contributed by atoms with Crippen molar-refractivity contribution in [1.82, 2.24) is 0 Å². The summed E-state index contributed by atoms with van der Waals surface area (Å²) in [7, 11) is 0. The summed E-state index contributed by atoms with van der Waals surface area (Å²) in [6.07, 6.45) is 1.60. The lowest BCUT2D eigenvalue weighted by atomic mass is 10.0. The van der Waals surface area contributed by atoms with Gasteiger partial charge >= 0.3 is 5.97 Å². The van der Waals surface area contributed by atoms with Gasteiger partial charge in [-0.3, -0.25) is 4.79 Å². The molecule has 0 bridgehead atoms. The van der Waals surface area contributed by atoms with Gasteiger partial charge in [-0.2, -0.15) is 0 Å². The average Bonchev–Trinajstić information content (AvgIpc) is 2.59. The van der Waals surface area contributed by atoms with Gasteiger partial charge in [-0.1, -0.05) is 12.1 Å². The first-order chi connectivity index (χ1) is 7.11. The molecule has 0 aliphatic heterocycles. The van der Waals surface area contributed by atoms with Crippen molar-refractivity contribution < 1.29 is 14.3 Å². The molecule has 0 spiro atoms. The van der Waals surface area contributed by atoms with Crippen LogP contribution in [0, 0.1) is 6.92 Å². The molecule has 4 nitrogen and oxygen atoms in total. The van der Waals surface area contributed by atoms with Gasteiger partial charge in [-0.05, 0) is 24.1 Å². The summed E-state index contributed by atoms with van der Waals surface area (Å²) in [5, 5.41) is 9.67. The number of aliphatic carboxylic acids is 1. The van der Waals surface area contributed by atoms with Crippen LogP contribution >= 0.6 is 0 Å². The van der Waals surface area contributed by atoms with Crippen molar-refractivity contribution >= 4 is 16.9 Å². The number of fused-ring (bicyclic) bond motifs is 1. The zero-order valence-corrected chi connectivity index (χ0v) is 8.23. The van der Waals surface area contributed by atoms with Crippen LogP contribution < -0.4 is 5.73 Å². The maximum atomic E-state index is 10.8. The molecular formula is C11H11NO3. The number of carboxylic acids is 1. The molecule has 0 aliphatic rings. The standard InChI is InChI=1S/C11H11NO3/c1-6-5-15-8-4-2-3-7(9(6)8)10(12)11(13)14/h2-5,10H,12H2,1H3,(H,13,14). The van der Waals surface area contributed by atoms with Gasteiger partial charge in [0, 0.05) is 5.39 Å². The topological polar surface area (TPSA) is 76.5 Å². The molecule has 1 aromatic carbocycles. The van der Waals surface area contributed by atoms with Crippen LogP contribution in [0.2, 0.25) is 0 Å². The van der Waals surface area contributed by atoms with E-state index in [1.54, 1.807) is 24.5 Å². The summed E-state index contributed by atoms with van der Waals surface area (Å²) in [5.74, 6) is -1.04. The lowest BCUT2D eigenvalue weighted by Crippen LogP contribution is -2.20. The number of benzene rings is 1. The fourth-order valence-corrected chi connectivity index (χ4v) is 1.67. The van der Waals surface area contributed by atoms with Gasteiger partial charge in [0.15, 0.2) is 0 Å². The number of furan rings is 1. The molecule has 0 saturated carbocycles. The third kappa shape index (κ3) is 1.49. The Morgan fingerprint density at radius 2 is 2.27 bits per heavy atom. The molecule has 3 N–H and O–H groups in total. The van der Waals surface area contributed by atoms with E-state index in [0.717, 1.165) is 10.9 Å². The Morgan fingerprint density at radius 3 is 2.93 bits per heavy atom. The summed E-state index contributed by atoms with van der Waals surface area (Å²) >= 11 is 0. The van der Waals surface area contributed by atoms with Gasteiger partial charge in [0.2, 0.25) is 0 Å². The SMILES string of the molecule is Cc1coc2cccc(C(N)C(=O)O)c12. The van der Waals surface area contributed by atoms with Gasteiger partial charge in [-0.25, -0.2) is 0 Å². The van der Waals surface area contributed by atoms with Crippen molar-refractivity contribution in [3.05, 3.63) is 35.6 Å². The fourth-order valence-electron chi connectivity index (χ4n) is 1.67. The lowest BCUT2D eigenvalue weighted by Gasteiger charge is -2.08. The first kappa shape index (κ1) is 9.73. The molecule has 0 fully saturated rings. The molecular weight excluding hydrogens is 194 g/mol. The Hall–Kier alpha value is -1.81. The van der Waals surface area contributed by atoms with Gasteiger partial charge in [0.1, 0.15) is 11.6 Å². The van der Waals surface area contributed by atoms with E-state index in [4.69, 9.17) is 15.3 Å². The number of nitrogens with two attached hydrogens (primary N) is 1. The Kier molecular flexibility index (Phi) is 2.21. The number of aryl methyl sites for hydroxylation is 1. The second-order valence-electron chi connectivity index (χ2n) is 3.45. The highest BCUT2D eigenvalue weighted by atomic mass is 16.4. The summed E-state index contributed by atoms with van der Waals surface area (Å²) < 4.78 is 5.27. The maximum Gasteiger partial charge on any atom is 0.325 e. The largest absolute Gasteiger partial charge is 0.480 e. The van der Waals surface area contributed by atoms with Crippen molar-refractivity contribution in [3.8, 4) is 0 Å². The van der Waals surface area contributed by atoms with Crippen LogP contribution in [0.15, 0.2) is 28.9 Å². The van der Waals surface area contributed by atoms with E-state index in [0.29, 0.717) is 11.1 Å². The molecule has 1 atom stereocenters. The summed E-state index contributed by atoms with van der Waals surface area (Å²) in [6.45, 7) is 1.86. The molecule has 0 radical (unpaired) electrons. The van der Waals surface area contributed by atoms with Crippen LogP contribution in [-0.4, -0.2) is 11.1 Å². The molecule has 15 heavy (non-hydrogen) atoms. The molecule has 0 amide bonds. The number of hydrogen-bond donors (Lipinski definition) is 2. The Labute approximate surface area is 86.3 Å². The van der Waals surface area contributed by atoms with Crippen LogP contribution in [0.5, 0.6) is 0 Å². The van der Waals surface area contributed by atoms with E-state index in [2.05, 4.69) is 0 Å². The smallest absolute Gasteiger partial charge is 0.325 e. The van der Waals surface area contributed by atoms with E-state index in [9.17, 15) is 4.79 Å². The van der Waals surface area contributed by atoms with E-state index in [1.165, 1.54) is 0 Å². The highest BCUT2D eigenvalue weighted by Crippen LogP contribution is 2.27. The molecule has 0 aliphatic carbocycles. The van der Waals surface area contributed by atoms with Crippen LogP contribution in [0.25, 0.3) is 11.0 Å². The zero-order chi connectivity index (χ0) is 11.0. The number of carboxylic acid groups (broad SMARTS) is 1. The maximum absolute atomic E-state index is 10.8. The monoisotopic (exact) mass is 205 g/mol. The average molecular weight is 205 g/mol. The molecule has 78 valence electrons. The van der Waals surface area contributed by atoms with Gasteiger partial charge in [0.05, 0.1) is 6.26 Å². The predicted octanol–water partition coefficient (Wildman–Crippen LogP) is 1.83. The minimum absolute atomic E-state index is 0.589. The van der Waals surface area contributed by atoms with Crippen molar-refractivity contribution in [1.29, 1.82) is 0 Å². The minimum Gasteiger partial charge on any atom is -0.480 e. The number of carbonyl (C=O) groups is 1. The van der Waals surface area contributed by atoms with Gasteiger partial charge < -0.3 is 15.3 Å². The minimum atomic E-state index is -1.04. The second kappa shape index (κ2) is 3.40. The zero-order valence-electron chi connectivity index (χ0n) is 8.23. The highest BCUT2D eigenvalue weighted by Gasteiger charge is 2.18. The molecule has 1 unspecified atom stereocenters. The Morgan fingerprint density at radius 1 is 1.53 bits per heavy atom. The third-order valence-electron chi connectivity index (χ3n) is 2.42. The van der Waals surface area contributed by atoms with Crippen molar-refractivity contribution in [3.63, 3.8) is 0 Å². The molecule has 4 heteroatoms. The van der Waals surface area contributed by atoms with Crippen LogP contribution in [0.3, 0.4) is 0 Å². The molecule has 2 aromatic rings. The molecule has 0 saturated heterocycles. The Bertz CT molecular complexity index is 516. The van der Waals surface area contributed by atoms with Crippen molar-refractivity contribution in [2.75, 3.05) is 0 Å². The molecule has 2 rings (SSSR count). The third-order valence-corrected chi connectivity index (χ3v) is 2.42. The number of hydrogen-bond acceptors (Lipinski definition) is 3. The van der Waals surface area contributed by atoms with E-state index in [1.807, 2.05) is 6.92 Å². The quantitative estimate of drug-likeness (QED) is 0.784. The Balaban J connectivity index is 2.69. The first-order valence-corrected chi connectivity index (χ1v) is 4.56. The van der Waals surface area contributed by atoms with Crippen LogP contribution in [-0.2, 0) is 4.79 Å². The first-order valence-electron chi connectivity index (χ1n) is 4.56. The molecule has 1 aromatic heterocycles. The number of rotatable bonds is 2. The highest BCUT2D eigenvalue weighted by molar-refractivity contribution is 5.89. The van der Waals surface area contributed by atoms with Crippen molar-refractivity contribution in [2.24, 2.45) is 5.73 Å². The predicted molar refractivity (Wildman–Crippen MR) is 55.5 cm³/mol. The van der Waals surface area contributed by atoms with Gasteiger partial charge in [0.25, 0.3) is 0 Å². The van der Waals surface area contributed by atoms with E-state index < -0.39 is 12.0 Å². The van der Waals surface area contributed by atoms with Crippen LogP contribution in [0.4, 0.5) is 0 Å². The molecule has 1 heterocycles. The summed E-state index contributed by atoms with van der Waals surface area (Å²) in [6, 6.07) is 4.23. The summed E-state index contributed by atoms with van der Waals surface area (Å²) in [5.41, 5.74) is 7.75. The van der Waals surface area contributed by atoms with E-state index in [-0.39, 0.29) is 0 Å². The summed E-state index contributed by atoms with van der Waals surface area (Å²) in [4.78, 5) is 10.8. The fraction of sp³-hybridized carbons (Fsp3) is 0.182. The lowest BCUT2D eigenvalue weighted by molar-refractivity contribution is -0.138. The van der Waals surface area contributed by atoms with Gasteiger partial charge in [-0.15, -0.1) is 0 Å². The van der Waals surface area contributed by atoms with E-state index >= 15 is 0 Å². The normalized spacial score (nSPS) is 12.9. The second-order valence-corrected chi connectivity index (χ2v) is 3.45. The van der Waals surface area contributed by atoms with Crippen molar-refractivity contribution in [2.45, 2.75) is 13.0 Å².